The second-order valence-electron chi connectivity index (χ2n) is 5.78. The van der Waals surface area contributed by atoms with Crippen LogP contribution in [0.25, 0.3) is 0 Å². The molecule has 0 spiro atoms. The fourth-order valence-corrected chi connectivity index (χ4v) is 3.08. The Morgan fingerprint density at radius 3 is 2.23 bits per heavy atom. The summed E-state index contributed by atoms with van der Waals surface area (Å²) in [4.78, 5) is 11.9. The number of aryl methyl sites for hydroxylation is 2. The molecule has 0 bridgehead atoms. The molecule has 112 valence electrons. The second-order valence-corrected chi connectivity index (χ2v) is 5.78. The Kier molecular flexibility index (Phi) is 2.29. The van der Waals surface area contributed by atoms with E-state index >= 15 is 0 Å². The van der Waals surface area contributed by atoms with Crippen molar-refractivity contribution in [3.8, 4) is 0 Å². The van der Waals surface area contributed by atoms with Gasteiger partial charge in [-0.1, -0.05) is 12.1 Å². The minimum atomic E-state index is -0.398. The summed E-state index contributed by atoms with van der Waals surface area (Å²) >= 11 is 0. The number of fused-ring (bicyclic) bond motifs is 6. The highest BCUT2D eigenvalue weighted by Crippen LogP contribution is 2.59. The maximum absolute atomic E-state index is 10.6. The molecule has 0 amide bonds. The van der Waals surface area contributed by atoms with Crippen LogP contribution in [-0.4, -0.2) is 32.1 Å². The summed E-state index contributed by atoms with van der Waals surface area (Å²) in [6, 6.07) is 6.56. The molecule has 1 aromatic carbocycles. The fourth-order valence-electron chi connectivity index (χ4n) is 3.08. The van der Waals surface area contributed by atoms with Crippen molar-refractivity contribution in [1.29, 1.82) is 0 Å². The minimum absolute atomic E-state index is 0.0619. The number of aromatic nitrogens is 3. The van der Waals surface area contributed by atoms with E-state index in [-0.39, 0.29) is 30.1 Å². The first-order valence-electron chi connectivity index (χ1n) is 7.20. The number of nitrogens with zero attached hydrogens (tertiary/aromatic N) is 4. The first-order chi connectivity index (χ1) is 10.7. The van der Waals surface area contributed by atoms with Crippen LogP contribution < -0.4 is 0 Å². The van der Waals surface area contributed by atoms with Crippen LogP contribution in [0.4, 0.5) is 5.69 Å². The smallest absolute Gasteiger partial charge is 0.269 e. The standard InChI is InChI=1S/C14H12N4O4/c19-18(20)8-3-1-7(2-4-8)5-6-17-15-9-10(16-17)12-14(22-12)13-11(9)21-13/h1-4,11-14H,5-6H2/t11-,12-,13-,14-/m0/s1. The van der Waals surface area contributed by atoms with Gasteiger partial charge in [-0.25, -0.2) is 0 Å². The molecule has 0 radical (unpaired) electrons. The summed E-state index contributed by atoms with van der Waals surface area (Å²) < 4.78 is 11.1. The van der Waals surface area contributed by atoms with Crippen LogP contribution in [0.15, 0.2) is 24.3 Å². The highest BCUT2D eigenvalue weighted by molar-refractivity contribution is 5.33. The van der Waals surface area contributed by atoms with Crippen LogP contribution in [0.3, 0.4) is 0 Å². The van der Waals surface area contributed by atoms with Crippen molar-refractivity contribution in [3.63, 3.8) is 0 Å². The summed E-state index contributed by atoms with van der Waals surface area (Å²) in [5, 5.41) is 19.6. The lowest BCUT2D eigenvalue weighted by Crippen LogP contribution is -2.07. The lowest BCUT2D eigenvalue weighted by molar-refractivity contribution is -0.384. The van der Waals surface area contributed by atoms with Gasteiger partial charge in [-0.15, -0.1) is 0 Å². The van der Waals surface area contributed by atoms with E-state index in [1.807, 2.05) is 0 Å². The third-order valence-corrected chi connectivity index (χ3v) is 4.37. The van der Waals surface area contributed by atoms with Gasteiger partial charge in [0, 0.05) is 12.1 Å². The number of ether oxygens (including phenoxy) is 2. The number of benzene rings is 1. The molecule has 0 saturated carbocycles. The molecule has 3 heterocycles. The van der Waals surface area contributed by atoms with E-state index in [0.29, 0.717) is 6.54 Å². The lowest BCUT2D eigenvalue weighted by atomic mass is 10.0. The summed E-state index contributed by atoms with van der Waals surface area (Å²) in [5.74, 6) is 0. The zero-order chi connectivity index (χ0) is 14.8. The highest BCUT2D eigenvalue weighted by Gasteiger charge is 2.66. The Morgan fingerprint density at radius 2 is 1.68 bits per heavy atom. The summed E-state index contributed by atoms with van der Waals surface area (Å²) in [6.45, 7) is 0.625. The number of hydrogen-bond donors (Lipinski definition) is 0. The van der Waals surface area contributed by atoms with E-state index in [4.69, 9.17) is 9.47 Å². The Labute approximate surface area is 124 Å². The van der Waals surface area contributed by atoms with Crippen LogP contribution in [0.1, 0.15) is 29.2 Å². The number of nitro groups is 1. The maximum atomic E-state index is 10.6. The van der Waals surface area contributed by atoms with Crippen molar-refractivity contribution >= 4 is 5.69 Å². The third-order valence-electron chi connectivity index (χ3n) is 4.37. The molecule has 2 aliphatic heterocycles. The Balaban J connectivity index is 1.31. The zero-order valence-corrected chi connectivity index (χ0v) is 11.5. The maximum Gasteiger partial charge on any atom is 0.269 e. The monoisotopic (exact) mass is 300 g/mol. The van der Waals surface area contributed by atoms with Gasteiger partial charge in [-0.05, 0) is 12.0 Å². The van der Waals surface area contributed by atoms with Gasteiger partial charge in [-0.2, -0.15) is 15.0 Å². The van der Waals surface area contributed by atoms with E-state index in [1.54, 1.807) is 16.9 Å². The third kappa shape index (κ3) is 1.77. The molecule has 2 aromatic rings. The largest absolute Gasteiger partial charge is 0.360 e. The average molecular weight is 300 g/mol. The average Bonchev–Trinajstić information content (AvgIpc) is 3.42. The number of nitro benzene ring substituents is 1. The van der Waals surface area contributed by atoms with Crippen LogP contribution in [0, 0.1) is 10.1 Å². The van der Waals surface area contributed by atoms with Crippen molar-refractivity contribution < 1.29 is 14.4 Å². The minimum Gasteiger partial charge on any atom is -0.360 e. The lowest BCUT2D eigenvalue weighted by Gasteiger charge is -2.00. The SMILES string of the molecule is O=[N+]([O-])c1ccc(CCn2nc3c(n2)[C@@H]2O[C@@H]2[C@H]2O[C@@H]32)cc1. The molecule has 1 aromatic heterocycles. The number of rotatable bonds is 4. The van der Waals surface area contributed by atoms with Crippen molar-refractivity contribution in [2.45, 2.75) is 37.4 Å². The van der Waals surface area contributed by atoms with Gasteiger partial charge in [0.1, 0.15) is 35.8 Å². The zero-order valence-electron chi connectivity index (χ0n) is 11.5. The van der Waals surface area contributed by atoms with E-state index in [1.165, 1.54) is 12.1 Å². The van der Waals surface area contributed by atoms with Crippen LogP contribution in [0.5, 0.6) is 0 Å². The van der Waals surface area contributed by atoms with Gasteiger partial charge in [0.05, 0.1) is 11.5 Å². The van der Waals surface area contributed by atoms with Gasteiger partial charge in [0.2, 0.25) is 0 Å². The molecule has 5 rings (SSSR count). The van der Waals surface area contributed by atoms with E-state index in [9.17, 15) is 10.1 Å². The predicted octanol–water partition coefficient (Wildman–Crippen LogP) is 1.32. The molecule has 22 heavy (non-hydrogen) atoms. The molecule has 1 aliphatic carbocycles. The van der Waals surface area contributed by atoms with Crippen molar-refractivity contribution in [1.82, 2.24) is 15.0 Å². The van der Waals surface area contributed by atoms with Gasteiger partial charge < -0.3 is 9.47 Å². The molecule has 2 saturated heterocycles. The van der Waals surface area contributed by atoms with Crippen molar-refractivity contribution in [2.24, 2.45) is 0 Å². The second kappa shape index (κ2) is 4.11. The molecule has 8 nitrogen and oxygen atoms in total. The molecular weight excluding hydrogens is 288 g/mol. The van der Waals surface area contributed by atoms with Gasteiger partial charge >= 0.3 is 0 Å². The molecule has 8 heteroatoms. The van der Waals surface area contributed by atoms with E-state index < -0.39 is 4.92 Å². The van der Waals surface area contributed by atoms with Crippen LogP contribution in [0.2, 0.25) is 0 Å². The summed E-state index contributed by atoms with van der Waals surface area (Å²) in [6.07, 6.45) is 1.20. The number of epoxide rings is 2. The molecular formula is C14H12N4O4. The van der Waals surface area contributed by atoms with Crippen LogP contribution in [-0.2, 0) is 22.4 Å². The molecule has 0 unspecified atom stereocenters. The van der Waals surface area contributed by atoms with Gasteiger partial charge in [0.25, 0.3) is 5.69 Å². The molecule has 4 atom stereocenters. The van der Waals surface area contributed by atoms with Crippen molar-refractivity contribution in [2.75, 3.05) is 0 Å². The quantitative estimate of drug-likeness (QED) is 0.480. The first kappa shape index (κ1) is 12.2. The van der Waals surface area contributed by atoms with Crippen molar-refractivity contribution in [3.05, 3.63) is 51.3 Å². The first-order valence-corrected chi connectivity index (χ1v) is 7.20. The Hall–Kier alpha value is -2.32. The molecule has 2 fully saturated rings. The highest BCUT2D eigenvalue weighted by atomic mass is 16.7. The van der Waals surface area contributed by atoms with E-state index in [0.717, 1.165) is 23.4 Å². The normalized spacial score (nSPS) is 30.2. The van der Waals surface area contributed by atoms with Gasteiger partial charge in [0.15, 0.2) is 0 Å². The Bertz CT molecular complexity index is 738. The van der Waals surface area contributed by atoms with E-state index in [2.05, 4.69) is 10.2 Å². The topological polar surface area (TPSA) is 98.9 Å². The van der Waals surface area contributed by atoms with Gasteiger partial charge in [-0.3, -0.25) is 10.1 Å². The summed E-state index contributed by atoms with van der Waals surface area (Å²) in [7, 11) is 0. The predicted molar refractivity (Wildman–Crippen MR) is 72.1 cm³/mol. The molecule has 3 aliphatic rings. The molecule has 0 N–H and O–H groups in total. The summed E-state index contributed by atoms with van der Waals surface area (Å²) in [5.41, 5.74) is 2.94. The van der Waals surface area contributed by atoms with Crippen LogP contribution >= 0.6 is 0 Å². The number of hydrogen-bond acceptors (Lipinski definition) is 6. The fraction of sp³-hybridized carbons (Fsp3) is 0.429. The number of non-ortho nitro benzene ring substituents is 1. The Morgan fingerprint density at radius 1 is 1.09 bits per heavy atom.